The zero-order chi connectivity index (χ0) is 5.70. The zero-order valence-electron chi connectivity index (χ0n) is 6.44. The normalized spacial score (nSPS) is 9.00. The molecule has 0 unspecified atom stereocenters. The Morgan fingerprint density at radius 3 is 2.00 bits per heavy atom. The minimum Gasteiger partial charge on any atom is -0.330 e. The summed E-state index contributed by atoms with van der Waals surface area (Å²) >= 11 is 0. The minimum absolute atomic E-state index is 0. The van der Waals surface area contributed by atoms with E-state index in [0.717, 1.165) is 0 Å². The predicted octanol–water partition coefficient (Wildman–Crippen LogP) is -1.83. The average Bonchev–Trinajstić information content (AvgIpc) is 1.61. The summed E-state index contributed by atoms with van der Waals surface area (Å²) in [5.41, 5.74) is 0. The van der Waals surface area contributed by atoms with Gasteiger partial charge in [-0.05, 0) is 20.6 Å². The van der Waals surface area contributed by atoms with Crippen molar-refractivity contribution in [3.8, 4) is 0 Å². The van der Waals surface area contributed by atoms with Crippen LogP contribution in [0.2, 0.25) is 0 Å². The maximum Gasteiger partial charge on any atom is 1.00 e. The first-order valence-corrected chi connectivity index (χ1v) is 2.70. The Hall–Kier alpha value is 0.557. The van der Waals surface area contributed by atoms with E-state index in [2.05, 4.69) is 32.3 Å². The molecule has 0 heterocycles. The van der Waals surface area contributed by atoms with Gasteiger partial charge in [-0.25, -0.2) is 0 Å². The topological polar surface area (TPSA) is 3.24 Å². The van der Waals surface area contributed by atoms with Crippen LogP contribution in [0.15, 0.2) is 0 Å². The molecule has 0 aromatic rings. The van der Waals surface area contributed by atoms with Crippen LogP contribution >= 0.6 is 0 Å². The molecule has 0 amide bonds. The van der Waals surface area contributed by atoms with Gasteiger partial charge in [0.05, 0.1) is 0 Å². The summed E-state index contributed by atoms with van der Waals surface area (Å²) in [6.45, 7) is 3.26. The van der Waals surface area contributed by atoms with Crippen LogP contribution in [0.1, 0.15) is 13.3 Å². The fraction of sp³-hybridized carbons (Fsp3) is 0.833. The Labute approximate surface area is 64.6 Å². The first-order chi connectivity index (χ1) is 3.27. The van der Waals surface area contributed by atoms with Gasteiger partial charge in [0.25, 0.3) is 0 Å². The van der Waals surface area contributed by atoms with Gasteiger partial charge in [-0.2, -0.15) is 13.3 Å². The van der Waals surface area contributed by atoms with E-state index in [-0.39, 0.29) is 18.9 Å². The first kappa shape index (κ1) is 11.4. The van der Waals surface area contributed by atoms with E-state index in [1.165, 1.54) is 13.0 Å². The van der Waals surface area contributed by atoms with E-state index in [9.17, 15) is 0 Å². The van der Waals surface area contributed by atoms with Crippen LogP contribution in [0.25, 0.3) is 0 Å². The van der Waals surface area contributed by atoms with Gasteiger partial charge in [0, 0.05) is 0 Å². The van der Waals surface area contributed by atoms with Crippen LogP contribution in [0.3, 0.4) is 0 Å². The van der Waals surface area contributed by atoms with Gasteiger partial charge in [0.15, 0.2) is 0 Å². The molecule has 0 radical (unpaired) electrons. The molecule has 0 atom stereocenters. The molecule has 0 N–H and O–H groups in total. The third-order valence-electron chi connectivity index (χ3n) is 0.865. The van der Waals surface area contributed by atoms with E-state index < -0.39 is 0 Å². The predicted molar refractivity (Wildman–Crippen MR) is 33.1 cm³/mol. The van der Waals surface area contributed by atoms with Crippen LogP contribution < -0.4 is 18.9 Å². The molecule has 0 rings (SSSR count). The average molecular weight is 107 g/mol. The van der Waals surface area contributed by atoms with Crippen molar-refractivity contribution in [3.05, 3.63) is 6.42 Å². The number of rotatable bonds is 3. The summed E-state index contributed by atoms with van der Waals surface area (Å²) in [6, 6.07) is 0. The van der Waals surface area contributed by atoms with Gasteiger partial charge in [-0.3, -0.25) is 0 Å². The number of hydrogen-bond donors (Lipinski definition) is 0. The molecule has 0 aromatic heterocycles. The van der Waals surface area contributed by atoms with E-state index in [1.807, 2.05) is 0 Å². The Morgan fingerprint density at radius 2 is 1.88 bits per heavy atom. The summed E-state index contributed by atoms with van der Waals surface area (Å²) in [5, 5.41) is 0. The van der Waals surface area contributed by atoms with Gasteiger partial charge in [-0.15, -0.1) is 0 Å². The van der Waals surface area contributed by atoms with Crippen LogP contribution in [0.4, 0.5) is 0 Å². The maximum atomic E-state index is 2.18. The Morgan fingerprint density at radius 1 is 1.38 bits per heavy atom. The monoisotopic (exact) mass is 107 g/mol. The van der Waals surface area contributed by atoms with Gasteiger partial charge < -0.3 is 11.3 Å². The number of unbranched alkanes of at least 4 members (excludes halogenated alkanes) is 1. The molecule has 0 fully saturated rings. The molecule has 0 aromatic carbocycles. The second-order valence-corrected chi connectivity index (χ2v) is 2.00. The second-order valence-electron chi connectivity index (χ2n) is 2.00. The molecule has 0 spiro atoms. The number of nitrogens with zero attached hydrogens (tertiary/aromatic N) is 1. The molecule has 0 aliphatic carbocycles. The van der Waals surface area contributed by atoms with Gasteiger partial charge in [0.2, 0.25) is 0 Å². The van der Waals surface area contributed by atoms with E-state index in [4.69, 9.17) is 0 Å². The van der Waals surface area contributed by atoms with Crippen LogP contribution in [-0.2, 0) is 0 Å². The van der Waals surface area contributed by atoms with Crippen molar-refractivity contribution in [2.45, 2.75) is 13.3 Å². The molecule has 0 bridgehead atoms. The molecule has 0 saturated heterocycles. The van der Waals surface area contributed by atoms with Crippen molar-refractivity contribution in [3.63, 3.8) is 0 Å². The van der Waals surface area contributed by atoms with Crippen LogP contribution in [0.5, 0.6) is 0 Å². The van der Waals surface area contributed by atoms with Gasteiger partial charge in [-0.1, -0.05) is 0 Å². The molecule has 44 valence electrons. The van der Waals surface area contributed by atoms with Crippen molar-refractivity contribution >= 4 is 0 Å². The van der Waals surface area contributed by atoms with Crippen molar-refractivity contribution in [1.29, 1.82) is 0 Å². The fourth-order valence-corrected chi connectivity index (χ4v) is 0.387. The molecule has 0 saturated carbocycles. The van der Waals surface area contributed by atoms with Crippen molar-refractivity contribution in [1.82, 2.24) is 4.90 Å². The van der Waals surface area contributed by atoms with Crippen LogP contribution in [0, 0.1) is 6.42 Å². The first-order valence-electron chi connectivity index (χ1n) is 2.70. The summed E-state index contributed by atoms with van der Waals surface area (Å²) in [7, 11) is 4.17. The molecule has 8 heavy (non-hydrogen) atoms. The Bertz CT molecular complexity index is 37.5. The third-order valence-corrected chi connectivity index (χ3v) is 0.865. The largest absolute Gasteiger partial charge is 1.00 e. The second kappa shape index (κ2) is 7.56. The standard InChI is InChI=1S/C6H14N.Li/c1-4-5-6-7(2)3;/h4H,5-6H2,1-3H3;/q-1;+1. The summed E-state index contributed by atoms with van der Waals surface area (Å²) < 4.78 is 0. The van der Waals surface area contributed by atoms with E-state index >= 15 is 0 Å². The molecular weight excluding hydrogens is 93.0 g/mol. The van der Waals surface area contributed by atoms with Gasteiger partial charge >= 0.3 is 18.9 Å². The molecule has 2 heteroatoms. The third kappa shape index (κ3) is 9.75. The Balaban J connectivity index is 0. The molecule has 0 aliphatic heterocycles. The van der Waals surface area contributed by atoms with E-state index in [1.54, 1.807) is 0 Å². The summed E-state index contributed by atoms with van der Waals surface area (Å²) in [4.78, 5) is 2.18. The maximum absolute atomic E-state index is 2.18. The minimum atomic E-state index is 0. The van der Waals surface area contributed by atoms with Crippen molar-refractivity contribution in [2.24, 2.45) is 0 Å². The van der Waals surface area contributed by atoms with E-state index in [0.29, 0.717) is 0 Å². The van der Waals surface area contributed by atoms with Gasteiger partial charge in [0.1, 0.15) is 0 Å². The quantitative estimate of drug-likeness (QED) is 0.303. The van der Waals surface area contributed by atoms with Crippen molar-refractivity contribution < 1.29 is 18.9 Å². The summed E-state index contributed by atoms with van der Waals surface area (Å²) in [6.07, 6.45) is 3.38. The fourth-order valence-electron chi connectivity index (χ4n) is 0.387. The smallest absolute Gasteiger partial charge is 0.330 e. The molecular formula is C6H14LiN. The SMILES string of the molecule is C[CH-]CCN(C)C.[Li+]. The molecule has 0 aliphatic rings. The molecule has 1 nitrogen and oxygen atoms in total. The van der Waals surface area contributed by atoms with Crippen LogP contribution in [-0.4, -0.2) is 25.5 Å². The zero-order valence-corrected chi connectivity index (χ0v) is 6.44. The number of hydrogen-bond acceptors (Lipinski definition) is 1. The Kier molecular flexibility index (Phi) is 10.7. The summed E-state index contributed by atoms with van der Waals surface area (Å²) in [5.74, 6) is 0. The van der Waals surface area contributed by atoms with Crippen molar-refractivity contribution in [2.75, 3.05) is 20.6 Å².